The minimum absolute atomic E-state index is 0.0219. The molecule has 2 aromatic rings. The highest BCUT2D eigenvalue weighted by Crippen LogP contribution is 2.32. The maximum Gasteiger partial charge on any atom is 0.171 e. The third-order valence-electron chi connectivity index (χ3n) is 5.37. The lowest BCUT2D eigenvalue weighted by Gasteiger charge is -2.41. The third-order valence-corrected chi connectivity index (χ3v) is 5.86. The van der Waals surface area contributed by atoms with Gasteiger partial charge in [-0.05, 0) is 55.7 Å². The van der Waals surface area contributed by atoms with E-state index in [-0.39, 0.29) is 22.2 Å². The quantitative estimate of drug-likeness (QED) is 0.662. The molecule has 156 valence electrons. The number of anilines is 3. The number of hydrogen-bond acceptors (Lipinski definition) is 4. The van der Waals surface area contributed by atoms with Crippen LogP contribution in [0.3, 0.4) is 0 Å². The predicted molar refractivity (Wildman–Crippen MR) is 124 cm³/mol. The first kappa shape index (κ1) is 21.6. The average Bonchev–Trinajstić information content (AvgIpc) is 2.67. The zero-order chi connectivity index (χ0) is 21.1. The monoisotopic (exact) mass is 435 g/mol. The molecule has 2 unspecified atom stereocenters. The molecule has 1 fully saturated rings. The summed E-state index contributed by atoms with van der Waals surface area (Å²) in [7, 11) is 4.03. The molecular weight excluding hydrogens is 409 g/mol. The molecule has 1 saturated carbocycles. The first-order valence-electron chi connectivity index (χ1n) is 9.72. The molecule has 0 radical (unpaired) electrons. The van der Waals surface area contributed by atoms with Crippen LogP contribution < -0.4 is 20.9 Å². The van der Waals surface area contributed by atoms with Crippen molar-refractivity contribution in [2.45, 2.75) is 44.7 Å². The minimum Gasteiger partial charge on any atom is -0.377 e. The molecule has 2 atom stereocenters. The van der Waals surface area contributed by atoms with Crippen molar-refractivity contribution in [2.75, 3.05) is 29.2 Å². The smallest absolute Gasteiger partial charge is 0.171 e. The zero-order valence-electron chi connectivity index (χ0n) is 17.0. The highest BCUT2D eigenvalue weighted by Gasteiger charge is 2.32. The van der Waals surface area contributed by atoms with Crippen LogP contribution in [-0.2, 0) is 0 Å². The van der Waals surface area contributed by atoms with Crippen LogP contribution in [0.15, 0.2) is 30.5 Å². The van der Waals surface area contributed by atoms with Gasteiger partial charge in [0.2, 0.25) is 0 Å². The number of hydrogen-bond donors (Lipinski definition) is 2. The average molecular weight is 436 g/mol. The molecule has 0 bridgehead atoms. The number of aromatic nitrogens is 1. The van der Waals surface area contributed by atoms with E-state index in [0.29, 0.717) is 5.69 Å². The SMILES string of the molecule is Cc1cnc(NC2CCCCC2N(C(N)=S)c2ccc(F)c(Cl)c2)cc1N(C)C. The van der Waals surface area contributed by atoms with Crippen LogP contribution in [0.4, 0.5) is 21.6 Å². The van der Waals surface area contributed by atoms with E-state index in [0.717, 1.165) is 42.8 Å². The highest BCUT2D eigenvalue weighted by atomic mass is 35.5. The van der Waals surface area contributed by atoms with Gasteiger partial charge in [-0.1, -0.05) is 24.4 Å². The normalized spacial score (nSPS) is 18.9. The van der Waals surface area contributed by atoms with Gasteiger partial charge < -0.3 is 20.9 Å². The number of benzene rings is 1. The molecule has 3 N–H and O–H groups in total. The van der Waals surface area contributed by atoms with Crippen molar-refractivity contribution in [2.24, 2.45) is 5.73 Å². The maximum absolute atomic E-state index is 13.7. The van der Waals surface area contributed by atoms with E-state index in [9.17, 15) is 4.39 Å². The number of nitrogens with zero attached hydrogens (tertiary/aromatic N) is 3. The Labute approximate surface area is 182 Å². The van der Waals surface area contributed by atoms with E-state index in [2.05, 4.69) is 21.3 Å². The second-order valence-corrected chi connectivity index (χ2v) is 8.49. The van der Waals surface area contributed by atoms with Gasteiger partial charge >= 0.3 is 0 Å². The number of nitrogens with two attached hydrogens (primary N) is 1. The Kier molecular flexibility index (Phi) is 6.80. The molecule has 1 aliphatic rings. The molecule has 1 aromatic carbocycles. The van der Waals surface area contributed by atoms with Crippen molar-refractivity contribution >= 4 is 46.1 Å². The Morgan fingerprint density at radius 2 is 2.00 bits per heavy atom. The van der Waals surface area contributed by atoms with Crippen LogP contribution in [0.25, 0.3) is 0 Å². The lowest BCUT2D eigenvalue weighted by molar-refractivity contribution is 0.403. The van der Waals surface area contributed by atoms with Crippen LogP contribution >= 0.6 is 23.8 Å². The standard InChI is InChI=1S/C21H27ClFN5S/c1-13-12-25-20(11-19(13)27(2)3)26-17-6-4-5-7-18(17)28(21(24)29)14-8-9-16(23)15(22)10-14/h8-12,17-18H,4-7H2,1-3H3,(H2,24,29)(H,25,26). The van der Waals surface area contributed by atoms with Gasteiger partial charge in [-0.2, -0.15) is 0 Å². The zero-order valence-corrected chi connectivity index (χ0v) is 18.5. The van der Waals surface area contributed by atoms with Crippen LogP contribution in [0.1, 0.15) is 31.2 Å². The van der Waals surface area contributed by atoms with E-state index < -0.39 is 5.82 Å². The molecule has 29 heavy (non-hydrogen) atoms. The van der Waals surface area contributed by atoms with E-state index in [4.69, 9.17) is 29.6 Å². The van der Waals surface area contributed by atoms with E-state index in [1.165, 1.54) is 6.07 Å². The summed E-state index contributed by atoms with van der Waals surface area (Å²) in [5.41, 5.74) is 9.03. The molecule has 3 rings (SSSR count). The number of thiocarbonyl (C=S) groups is 1. The van der Waals surface area contributed by atoms with Crippen molar-refractivity contribution in [3.05, 3.63) is 46.9 Å². The summed E-state index contributed by atoms with van der Waals surface area (Å²) in [5, 5.41) is 3.89. The van der Waals surface area contributed by atoms with Crippen LogP contribution in [-0.4, -0.2) is 36.3 Å². The van der Waals surface area contributed by atoms with Gasteiger partial charge in [0.25, 0.3) is 0 Å². The molecule has 1 aromatic heterocycles. The minimum atomic E-state index is -0.461. The lowest BCUT2D eigenvalue weighted by atomic mass is 9.88. The molecular formula is C21H27ClFN5S. The van der Waals surface area contributed by atoms with Crippen LogP contribution in [0.5, 0.6) is 0 Å². The maximum atomic E-state index is 13.7. The summed E-state index contributed by atoms with van der Waals surface area (Å²) in [6, 6.07) is 6.77. The lowest BCUT2D eigenvalue weighted by Crippen LogP contribution is -2.53. The molecule has 0 spiro atoms. The first-order valence-corrected chi connectivity index (χ1v) is 10.5. The summed E-state index contributed by atoms with van der Waals surface area (Å²) in [4.78, 5) is 8.52. The second kappa shape index (κ2) is 9.13. The summed E-state index contributed by atoms with van der Waals surface area (Å²) in [5.74, 6) is 0.355. The topological polar surface area (TPSA) is 57.4 Å². The fourth-order valence-corrected chi connectivity index (χ4v) is 4.39. The summed E-state index contributed by atoms with van der Waals surface area (Å²) < 4.78 is 13.7. The van der Waals surface area contributed by atoms with Crippen LogP contribution in [0, 0.1) is 12.7 Å². The van der Waals surface area contributed by atoms with Gasteiger partial charge in [0, 0.05) is 43.8 Å². The molecule has 1 heterocycles. The Bertz CT molecular complexity index is 891. The fraction of sp³-hybridized carbons (Fsp3) is 0.429. The number of aryl methyl sites for hydroxylation is 1. The van der Waals surface area contributed by atoms with Gasteiger partial charge in [-0.15, -0.1) is 0 Å². The van der Waals surface area contributed by atoms with Crippen LogP contribution in [0.2, 0.25) is 5.02 Å². The van der Waals surface area contributed by atoms with Crippen molar-refractivity contribution in [1.29, 1.82) is 0 Å². The van der Waals surface area contributed by atoms with E-state index >= 15 is 0 Å². The summed E-state index contributed by atoms with van der Waals surface area (Å²) >= 11 is 11.4. The van der Waals surface area contributed by atoms with Gasteiger partial charge in [-0.3, -0.25) is 0 Å². The molecule has 1 aliphatic carbocycles. The van der Waals surface area contributed by atoms with Crippen molar-refractivity contribution in [3.63, 3.8) is 0 Å². The van der Waals surface area contributed by atoms with Crippen molar-refractivity contribution in [3.8, 4) is 0 Å². The molecule has 5 nitrogen and oxygen atoms in total. The summed E-state index contributed by atoms with van der Waals surface area (Å²) in [6.07, 6.45) is 5.93. The number of rotatable bonds is 5. The molecule has 0 aliphatic heterocycles. The number of halogens is 2. The molecule has 8 heteroatoms. The summed E-state index contributed by atoms with van der Waals surface area (Å²) in [6.45, 7) is 2.04. The largest absolute Gasteiger partial charge is 0.377 e. The third kappa shape index (κ3) is 4.90. The fourth-order valence-electron chi connectivity index (χ4n) is 3.97. The van der Waals surface area contributed by atoms with Gasteiger partial charge in [0.15, 0.2) is 5.11 Å². The molecule has 0 saturated heterocycles. The van der Waals surface area contributed by atoms with Gasteiger partial charge in [0.1, 0.15) is 11.6 Å². The Hall–Kier alpha value is -2.12. The number of nitrogens with one attached hydrogen (secondary N) is 1. The van der Waals surface area contributed by atoms with Crippen molar-refractivity contribution < 1.29 is 4.39 Å². The Balaban J connectivity index is 1.90. The van der Waals surface area contributed by atoms with E-state index in [1.54, 1.807) is 12.1 Å². The predicted octanol–water partition coefficient (Wildman–Crippen LogP) is 4.72. The van der Waals surface area contributed by atoms with Gasteiger partial charge in [-0.25, -0.2) is 9.37 Å². The highest BCUT2D eigenvalue weighted by molar-refractivity contribution is 7.80. The Morgan fingerprint density at radius 1 is 1.28 bits per heavy atom. The number of pyridine rings is 1. The van der Waals surface area contributed by atoms with Crippen molar-refractivity contribution in [1.82, 2.24) is 4.98 Å². The first-order chi connectivity index (χ1) is 13.8. The Morgan fingerprint density at radius 3 is 2.66 bits per heavy atom. The molecule has 0 amide bonds. The van der Waals surface area contributed by atoms with E-state index in [1.807, 2.05) is 32.1 Å². The van der Waals surface area contributed by atoms with Gasteiger partial charge in [0.05, 0.1) is 11.1 Å². The second-order valence-electron chi connectivity index (χ2n) is 7.66.